The molecule has 0 spiro atoms. The molecule has 2 atom stereocenters. The number of amides is 1. The van der Waals surface area contributed by atoms with Crippen molar-refractivity contribution in [3.63, 3.8) is 0 Å². The molecule has 0 fully saturated rings. The van der Waals surface area contributed by atoms with Crippen LogP contribution in [0.15, 0.2) is 24.3 Å². The van der Waals surface area contributed by atoms with Crippen LogP contribution in [-0.2, 0) is 14.3 Å². The monoisotopic (exact) mass is 720 g/mol. The van der Waals surface area contributed by atoms with Crippen LogP contribution in [0, 0.1) is 0 Å². The number of ether oxygens (including phenoxy) is 1. The molecule has 0 aromatic heterocycles. The van der Waals surface area contributed by atoms with E-state index in [9.17, 15) is 19.8 Å². The molecule has 0 saturated heterocycles. The highest BCUT2D eigenvalue weighted by molar-refractivity contribution is 5.76. The summed E-state index contributed by atoms with van der Waals surface area (Å²) >= 11 is 0. The van der Waals surface area contributed by atoms with Crippen molar-refractivity contribution in [1.29, 1.82) is 0 Å². The van der Waals surface area contributed by atoms with E-state index >= 15 is 0 Å². The zero-order valence-corrected chi connectivity index (χ0v) is 33.8. The number of aliphatic hydroxyl groups is 2. The summed E-state index contributed by atoms with van der Waals surface area (Å²) in [6.45, 7) is 4.79. The smallest absolute Gasteiger partial charge is 0.305 e. The molecule has 0 saturated carbocycles. The number of carbonyl (C=O) groups is 2. The quantitative estimate of drug-likeness (QED) is 0.0333. The van der Waals surface area contributed by atoms with E-state index in [4.69, 9.17) is 4.74 Å². The molecule has 0 heterocycles. The first-order valence-corrected chi connectivity index (χ1v) is 22.1. The van der Waals surface area contributed by atoms with Gasteiger partial charge in [0.25, 0.3) is 0 Å². The molecule has 2 unspecified atom stereocenters. The molecule has 6 nitrogen and oxygen atoms in total. The summed E-state index contributed by atoms with van der Waals surface area (Å²) in [7, 11) is 0. The van der Waals surface area contributed by atoms with E-state index in [1.807, 2.05) is 6.08 Å². The van der Waals surface area contributed by atoms with Gasteiger partial charge in [-0.05, 0) is 57.8 Å². The van der Waals surface area contributed by atoms with Crippen LogP contribution >= 0.6 is 0 Å². The predicted molar refractivity (Wildman–Crippen MR) is 218 cm³/mol. The first-order chi connectivity index (χ1) is 25.0. The lowest BCUT2D eigenvalue weighted by molar-refractivity contribution is -0.143. The Balaban J connectivity index is 3.58. The van der Waals surface area contributed by atoms with Gasteiger partial charge in [-0.25, -0.2) is 0 Å². The van der Waals surface area contributed by atoms with Crippen LogP contribution in [0.3, 0.4) is 0 Å². The van der Waals surface area contributed by atoms with Gasteiger partial charge in [0.2, 0.25) is 5.91 Å². The van der Waals surface area contributed by atoms with E-state index in [1.54, 1.807) is 6.08 Å². The largest absolute Gasteiger partial charge is 0.466 e. The van der Waals surface area contributed by atoms with E-state index in [-0.39, 0.29) is 18.5 Å². The Kier molecular flexibility index (Phi) is 39.8. The highest BCUT2D eigenvalue weighted by Gasteiger charge is 2.18. The SMILES string of the molecule is CCCCCCCCCCCC/C=C/C(O)C(CO)NC(=O)CCCCCCC/C=C\CCCCOC(=O)CCCCCCCCCCCCC. The third kappa shape index (κ3) is 37.9. The number of rotatable bonds is 40. The molecule has 0 aliphatic rings. The maximum Gasteiger partial charge on any atom is 0.305 e. The number of carbonyl (C=O) groups excluding carboxylic acids is 2. The fraction of sp³-hybridized carbons (Fsp3) is 0.867. The van der Waals surface area contributed by atoms with Crippen molar-refractivity contribution in [2.24, 2.45) is 0 Å². The molecular formula is C45H85NO5. The number of aliphatic hydroxyl groups excluding tert-OH is 2. The Bertz CT molecular complexity index is 797. The molecule has 1 amide bonds. The molecule has 0 aliphatic heterocycles. The van der Waals surface area contributed by atoms with Gasteiger partial charge in [-0.3, -0.25) is 9.59 Å². The van der Waals surface area contributed by atoms with Gasteiger partial charge >= 0.3 is 5.97 Å². The minimum absolute atomic E-state index is 0.0344. The van der Waals surface area contributed by atoms with Gasteiger partial charge in [-0.2, -0.15) is 0 Å². The maximum absolute atomic E-state index is 12.4. The number of nitrogens with one attached hydrogen (secondary N) is 1. The van der Waals surface area contributed by atoms with E-state index in [1.165, 1.54) is 116 Å². The van der Waals surface area contributed by atoms with E-state index < -0.39 is 12.1 Å². The first kappa shape index (κ1) is 49.3. The van der Waals surface area contributed by atoms with Crippen molar-refractivity contribution in [3.8, 4) is 0 Å². The molecule has 0 aliphatic carbocycles. The minimum Gasteiger partial charge on any atom is -0.466 e. The molecule has 0 rings (SSSR count). The lowest BCUT2D eigenvalue weighted by Crippen LogP contribution is -2.45. The summed E-state index contributed by atoms with van der Waals surface area (Å²) in [4.78, 5) is 24.3. The molecule has 300 valence electrons. The topological polar surface area (TPSA) is 95.9 Å². The van der Waals surface area contributed by atoms with Crippen LogP contribution in [0.25, 0.3) is 0 Å². The Morgan fingerprint density at radius 1 is 0.529 bits per heavy atom. The number of esters is 1. The molecule has 0 bridgehead atoms. The second-order valence-electron chi connectivity index (χ2n) is 15.0. The molecule has 0 radical (unpaired) electrons. The predicted octanol–water partition coefficient (Wildman–Crippen LogP) is 12.4. The normalized spacial score (nSPS) is 12.9. The number of hydrogen-bond acceptors (Lipinski definition) is 5. The molecular weight excluding hydrogens is 634 g/mol. The van der Waals surface area contributed by atoms with Crippen molar-refractivity contribution in [2.75, 3.05) is 13.2 Å². The average Bonchev–Trinajstić information content (AvgIpc) is 3.13. The fourth-order valence-electron chi connectivity index (χ4n) is 6.51. The first-order valence-electron chi connectivity index (χ1n) is 22.1. The van der Waals surface area contributed by atoms with Gasteiger partial charge in [-0.1, -0.05) is 179 Å². The Labute approximate surface area is 316 Å². The Morgan fingerprint density at radius 3 is 1.39 bits per heavy atom. The van der Waals surface area contributed by atoms with Gasteiger partial charge < -0.3 is 20.3 Å². The van der Waals surface area contributed by atoms with Crippen LogP contribution < -0.4 is 5.32 Å². The summed E-state index contributed by atoms with van der Waals surface area (Å²) in [5, 5.41) is 22.9. The lowest BCUT2D eigenvalue weighted by atomic mass is 10.1. The van der Waals surface area contributed by atoms with Crippen molar-refractivity contribution >= 4 is 11.9 Å². The standard InChI is InChI=1S/C45H85NO5/c1-3-5-7-9-11-13-15-18-21-25-29-33-37-43(48)42(41-47)46-44(49)38-34-30-26-22-19-16-20-24-28-32-36-40-51-45(50)39-35-31-27-23-17-14-12-10-8-6-4-2/h20,24,33,37,42-43,47-48H,3-19,21-23,25-32,34-36,38-41H2,1-2H3,(H,46,49)/b24-20-,37-33+. The van der Waals surface area contributed by atoms with Crippen LogP contribution in [0.2, 0.25) is 0 Å². The summed E-state index contributed by atoms with van der Waals surface area (Å²) in [6.07, 6.45) is 45.9. The van der Waals surface area contributed by atoms with Gasteiger partial charge in [0.15, 0.2) is 0 Å². The highest BCUT2D eigenvalue weighted by atomic mass is 16.5. The molecule has 3 N–H and O–H groups in total. The third-order valence-corrected chi connectivity index (χ3v) is 9.97. The fourth-order valence-corrected chi connectivity index (χ4v) is 6.51. The van der Waals surface area contributed by atoms with E-state index in [2.05, 4.69) is 31.3 Å². The summed E-state index contributed by atoms with van der Waals surface area (Å²) in [5.74, 6) is -0.133. The van der Waals surface area contributed by atoms with E-state index in [0.29, 0.717) is 19.4 Å². The lowest BCUT2D eigenvalue weighted by Gasteiger charge is -2.20. The average molecular weight is 720 g/mol. The zero-order chi connectivity index (χ0) is 37.3. The zero-order valence-electron chi connectivity index (χ0n) is 33.8. The highest BCUT2D eigenvalue weighted by Crippen LogP contribution is 2.14. The van der Waals surface area contributed by atoms with Crippen LogP contribution in [0.4, 0.5) is 0 Å². The number of allylic oxidation sites excluding steroid dienone is 3. The van der Waals surface area contributed by atoms with Crippen LogP contribution in [0.1, 0.15) is 226 Å². The second kappa shape index (κ2) is 41.1. The summed E-state index contributed by atoms with van der Waals surface area (Å²) in [6, 6.07) is -0.646. The Morgan fingerprint density at radius 2 is 0.922 bits per heavy atom. The second-order valence-corrected chi connectivity index (χ2v) is 15.0. The number of hydrogen-bond donors (Lipinski definition) is 3. The number of unbranched alkanes of at least 4 members (excludes halogenated alkanes) is 27. The third-order valence-electron chi connectivity index (χ3n) is 9.97. The molecule has 51 heavy (non-hydrogen) atoms. The van der Waals surface area contributed by atoms with Gasteiger partial charge in [0.1, 0.15) is 0 Å². The minimum atomic E-state index is -0.860. The van der Waals surface area contributed by atoms with Crippen molar-refractivity contribution in [2.45, 2.75) is 238 Å². The van der Waals surface area contributed by atoms with Crippen LogP contribution in [0.5, 0.6) is 0 Å². The maximum atomic E-state index is 12.4. The summed E-state index contributed by atoms with van der Waals surface area (Å²) in [5.41, 5.74) is 0. The van der Waals surface area contributed by atoms with Gasteiger partial charge in [0, 0.05) is 12.8 Å². The van der Waals surface area contributed by atoms with Crippen molar-refractivity contribution in [3.05, 3.63) is 24.3 Å². The molecule has 0 aromatic carbocycles. The molecule has 6 heteroatoms. The van der Waals surface area contributed by atoms with E-state index in [0.717, 1.165) is 83.5 Å². The van der Waals surface area contributed by atoms with Gasteiger partial charge in [0.05, 0.1) is 25.4 Å². The Hall–Kier alpha value is -1.66. The van der Waals surface area contributed by atoms with Crippen LogP contribution in [-0.4, -0.2) is 47.4 Å². The summed E-state index contributed by atoms with van der Waals surface area (Å²) < 4.78 is 5.40. The molecule has 0 aromatic rings. The van der Waals surface area contributed by atoms with Crippen molar-refractivity contribution in [1.82, 2.24) is 5.32 Å². The van der Waals surface area contributed by atoms with Crippen molar-refractivity contribution < 1.29 is 24.5 Å². The van der Waals surface area contributed by atoms with Gasteiger partial charge in [-0.15, -0.1) is 0 Å².